The molecule has 0 aliphatic carbocycles. The summed E-state index contributed by atoms with van der Waals surface area (Å²) in [5.41, 5.74) is 7.74. The Hall–Kier alpha value is -1.23. The number of hydrogen-bond acceptors (Lipinski definition) is 2. The molecule has 3 N–H and O–H groups in total. The van der Waals surface area contributed by atoms with Gasteiger partial charge in [-0.25, -0.2) is 4.39 Å². The van der Waals surface area contributed by atoms with Gasteiger partial charge < -0.3 is 10.8 Å². The maximum absolute atomic E-state index is 13.2. The van der Waals surface area contributed by atoms with Crippen molar-refractivity contribution < 1.29 is 9.50 Å². The van der Waals surface area contributed by atoms with E-state index in [1.807, 2.05) is 30.3 Å². The third-order valence-electron chi connectivity index (χ3n) is 3.03. The van der Waals surface area contributed by atoms with Gasteiger partial charge in [0.1, 0.15) is 5.82 Å². The van der Waals surface area contributed by atoms with Crippen molar-refractivity contribution in [2.24, 2.45) is 5.73 Å². The van der Waals surface area contributed by atoms with Crippen LogP contribution in [0.5, 0.6) is 0 Å². The summed E-state index contributed by atoms with van der Waals surface area (Å²) in [6.07, 6.45) is -0.239. The van der Waals surface area contributed by atoms with E-state index in [1.54, 1.807) is 12.1 Å². The van der Waals surface area contributed by atoms with Gasteiger partial charge in [0.15, 0.2) is 0 Å². The second-order valence-corrected chi connectivity index (χ2v) is 5.31. The Kier molecular flexibility index (Phi) is 4.69. The van der Waals surface area contributed by atoms with Crippen molar-refractivity contribution in [2.75, 3.05) is 0 Å². The van der Waals surface area contributed by atoms with Crippen LogP contribution in [0.25, 0.3) is 0 Å². The summed E-state index contributed by atoms with van der Waals surface area (Å²) in [4.78, 5) is 0. The molecule has 2 nitrogen and oxygen atoms in total. The lowest BCUT2D eigenvalue weighted by molar-refractivity contribution is 0.145. The Labute approximate surface area is 120 Å². The van der Waals surface area contributed by atoms with E-state index in [-0.39, 0.29) is 5.82 Å². The van der Waals surface area contributed by atoms with E-state index in [1.165, 1.54) is 6.07 Å². The summed E-state index contributed by atoms with van der Waals surface area (Å²) >= 11 is 3.12. The van der Waals surface area contributed by atoms with Crippen molar-refractivity contribution in [1.29, 1.82) is 0 Å². The smallest absolute Gasteiger partial charge is 0.137 e. The maximum Gasteiger partial charge on any atom is 0.137 e. The van der Waals surface area contributed by atoms with E-state index in [2.05, 4.69) is 15.9 Å². The Morgan fingerprint density at radius 3 is 2.47 bits per heavy atom. The first-order valence-corrected chi connectivity index (χ1v) is 6.80. The average Bonchev–Trinajstić information content (AvgIpc) is 2.42. The number of benzene rings is 2. The van der Waals surface area contributed by atoms with Gasteiger partial charge in [0.25, 0.3) is 0 Å². The van der Waals surface area contributed by atoms with Crippen LogP contribution in [0.4, 0.5) is 4.39 Å². The minimum atomic E-state index is -0.709. The SMILES string of the molecule is N[C@H](c1ccc(F)c(Br)c1)[C@@H](O)Cc1ccccc1. The second kappa shape index (κ2) is 6.28. The highest BCUT2D eigenvalue weighted by atomic mass is 79.9. The van der Waals surface area contributed by atoms with Gasteiger partial charge in [0, 0.05) is 6.42 Å². The Bertz CT molecular complexity index is 547. The fourth-order valence-corrected chi connectivity index (χ4v) is 2.32. The number of aliphatic hydroxyl groups is 1. The fourth-order valence-electron chi connectivity index (χ4n) is 1.92. The third kappa shape index (κ3) is 3.62. The van der Waals surface area contributed by atoms with Gasteiger partial charge in [-0.1, -0.05) is 36.4 Å². The Morgan fingerprint density at radius 2 is 1.84 bits per heavy atom. The van der Waals surface area contributed by atoms with Crippen LogP contribution in [-0.4, -0.2) is 11.2 Å². The topological polar surface area (TPSA) is 46.2 Å². The molecule has 0 bridgehead atoms. The Morgan fingerprint density at radius 1 is 1.16 bits per heavy atom. The number of rotatable bonds is 4. The van der Waals surface area contributed by atoms with Crippen molar-refractivity contribution >= 4 is 15.9 Å². The first-order chi connectivity index (χ1) is 9.08. The van der Waals surface area contributed by atoms with Gasteiger partial charge in [-0.3, -0.25) is 0 Å². The highest BCUT2D eigenvalue weighted by Gasteiger charge is 2.18. The summed E-state index contributed by atoms with van der Waals surface area (Å²) in [6.45, 7) is 0. The third-order valence-corrected chi connectivity index (χ3v) is 3.64. The predicted molar refractivity (Wildman–Crippen MR) is 77.2 cm³/mol. The van der Waals surface area contributed by atoms with E-state index in [4.69, 9.17) is 5.73 Å². The van der Waals surface area contributed by atoms with Crippen LogP contribution in [0.2, 0.25) is 0 Å². The molecule has 0 fully saturated rings. The minimum absolute atomic E-state index is 0.339. The van der Waals surface area contributed by atoms with Crippen LogP contribution in [0.3, 0.4) is 0 Å². The summed E-state index contributed by atoms with van der Waals surface area (Å²) in [5.74, 6) is -0.339. The highest BCUT2D eigenvalue weighted by Crippen LogP contribution is 2.23. The van der Waals surface area contributed by atoms with E-state index >= 15 is 0 Å². The zero-order valence-electron chi connectivity index (χ0n) is 10.3. The standard InChI is InChI=1S/C15H15BrFNO/c16-12-9-11(6-7-13(12)17)15(18)14(19)8-10-4-2-1-3-5-10/h1-7,9,14-15,19H,8,18H2/t14-,15+/m0/s1. The second-order valence-electron chi connectivity index (χ2n) is 4.46. The molecule has 0 radical (unpaired) electrons. The number of aliphatic hydroxyl groups excluding tert-OH is 1. The molecule has 0 spiro atoms. The molecule has 2 aromatic carbocycles. The zero-order valence-corrected chi connectivity index (χ0v) is 11.8. The molecule has 0 aromatic heterocycles. The number of nitrogens with two attached hydrogens (primary N) is 1. The predicted octanol–water partition coefficient (Wildman–Crippen LogP) is 3.19. The zero-order chi connectivity index (χ0) is 13.8. The fraction of sp³-hybridized carbons (Fsp3) is 0.200. The lowest BCUT2D eigenvalue weighted by atomic mass is 9.97. The van der Waals surface area contributed by atoms with Crippen molar-refractivity contribution in [3.05, 3.63) is 69.9 Å². The summed E-state index contributed by atoms with van der Waals surface area (Å²) in [5, 5.41) is 10.2. The molecular formula is C15H15BrFNO. The van der Waals surface area contributed by atoms with E-state index < -0.39 is 12.1 Å². The molecule has 0 aliphatic rings. The molecule has 2 atom stereocenters. The van der Waals surface area contributed by atoms with Crippen molar-refractivity contribution in [3.8, 4) is 0 Å². The molecule has 19 heavy (non-hydrogen) atoms. The first kappa shape index (κ1) is 14.2. The van der Waals surface area contributed by atoms with Crippen LogP contribution in [-0.2, 0) is 6.42 Å². The molecule has 2 aromatic rings. The van der Waals surface area contributed by atoms with Crippen LogP contribution in [0.1, 0.15) is 17.2 Å². The van der Waals surface area contributed by atoms with Crippen LogP contribution in [0.15, 0.2) is 53.0 Å². The first-order valence-electron chi connectivity index (χ1n) is 6.00. The molecular weight excluding hydrogens is 309 g/mol. The van der Waals surface area contributed by atoms with E-state index in [0.29, 0.717) is 16.5 Å². The van der Waals surface area contributed by atoms with Gasteiger partial charge in [-0.15, -0.1) is 0 Å². The van der Waals surface area contributed by atoms with Gasteiger partial charge in [-0.05, 0) is 39.2 Å². The Balaban J connectivity index is 2.10. The molecule has 0 amide bonds. The van der Waals surface area contributed by atoms with Gasteiger partial charge in [-0.2, -0.15) is 0 Å². The molecule has 2 rings (SSSR count). The van der Waals surface area contributed by atoms with E-state index in [0.717, 1.165) is 5.56 Å². The molecule has 0 unspecified atom stereocenters. The highest BCUT2D eigenvalue weighted by molar-refractivity contribution is 9.10. The number of halogens is 2. The average molecular weight is 324 g/mol. The largest absolute Gasteiger partial charge is 0.391 e. The van der Waals surface area contributed by atoms with Crippen molar-refractivity contribution in [2.45, 2.75) is 18.6 Å². The van der Waals surface area contributed by atoms with Crippen molar-refractivity contribution in [1.82, 2.24) is 0 Å². The van der Waals surface area contributed by atoms with Crippen LogP contribution < -0.4 is 5.73 Å². The molecule has 0 aliphatic heterocycles. The van der Waals surface area contributed by atoms with Crippen LogP contribution >= 0.6 is 15.9 Å². The molecule has 100 valence electrons. The molecule has 4 heteroatoms. The normalized spacial score (nSPS) is 14.1. The lowest BCUT2D eigenvalue weighted by Crippen LogP contribution is -2.28. The summed E-state index contributed by atoms with van der Waals surface area (Å²) < 4.78 is 13.5. The van der Waals surface area contributed by atoms with Gasteiger partial charge in [0.05, 0.1) is 16.6 Å². The molecule has 0 saturated heterocycles. The minimum Gasteiger partial charge on any atom is -0.391 e. The van der Waals surface area contributed by atoms with Crippen LogP contribution in [0, 0.1) is 5.82 Å². The van der Waals surface area contributed by atoms with Gasteiger partial charge >= 0.3 is 0 Å². The quantitative estimate of drug-likeness (QED) is 0.907. The van der Waals surface area contributed by atoms with Crippen molar-refractivity contribution in [3.63, 3.8) is 0 Å². The molecule has 0 heterocycles. The lowest BCUT2D eigenvalue weighted by Gasteiger charge is -2.19. The summed E-state index contributed by atoms with van der Waals surface area (Å²) in [7, 11) is 0. The van der Waals surface area contributed by atoms with E-state index in [9.17, 15) is 9.50 Å². The molecule has 0 saturated carbocycles. The van der Waals surface area contributed by atoms with Gasteiger partial charge in [0.2, 0.25) is 0 Å². The summed E-state index contributed by atoms with van der Waals surface area (Å²) in [6, 6.07) is 13.6. The maximum atomic E-state index is 13.2. The number of hydrogen-bond donors (Lipinski definition) is 2. The monoisotopic (exact) mass is 323 g/mol.